The van der Waals surface area contributed by atoms with Crippen molar-refractivity contribution >= 4 is 38.8 Å². The van der Waals surface area contributed by atoms with Gasteiger partial charge in [0.15, 0.2) is 11.5 Å². The van der Waals surface area contributed by atoms with E-state index in [0.717, 1.165) is 22.8 Å². The zero-order chi connectivity index (χ0) is 25.6. The Morgan fingerprint density at radius 2 is 1.94 bits per heavy atom. The van der Waals surface area contributed by atoms with E-state index in [1.54, 1.807) is 30.6 Å². The summed E-state index contributed by atoms with van der Waals surface area (Å²) in [7, 11) is -3.98. The molecule has 1 aliphatic rings. The van der Waals surface area contributed by atoms with Crippen LogP contribution < -0.4 is 5.69 Å². The van der Waals surface area contributed by atoms with Crippen molar-refractivity contribution in [3.05, 3.63) is 70.1 Å². The lowest BCUT2D eigenvalue weighted by atomic mass is 10.1. The molecular weight excluding hydrogens is 515 g/mol. The summed E-state index contributed by atoms with van der Waals surface area (Å²) >= 11 is 5.99. The predicted octanol–water partition coefficient (Wildman–Crippen LogP) is 2.29. The molecule has 36 heavy (non-hydrogen) atoms. The monoisotopic (exact) mass is 534 g/mol. The average molecular weight is 535 g/mol. The number of piperidine rings is 1. The maximum absolute atomic E-state index is 13.4. The van der Waals surface area contributed by atoms with Crippen molar-refractivity contribution in [3.8, 4) is 5.82 Å². The molecule has 1 saturated heterocycles. The van der Waals surface area contributed by atoms with Crippen LogP contribution in [0.1, 0.15) is 18.9 Å². The van der Waals surface area contributed by atoms with Crippen LogP contribution in [0.5, 0.6) is 0 Å². The van der Waals surface area contributed by atoms with Gasteiger partial charge in [0.2, 0.25) is 10.0 Å². The number of carbonyl (C=O) groups is 1. The number of aromatic nitrogens is 5. The lowest BCUT2D eigenvalue weighted by Crippen LogP contribution is -2.41. The lowest BCUT2D eigenvalue weighted by molar-refractivity contribution is -0.137. The smallest absolute Gasteiger partial charge is 0.331 e. The topological polar surface area (TPSA) is 132 Å². The van der Waals surface area contributed by atoms with Crippen LogP contribution in [-0.4, -0.2) is 60.8 Å². The van der Waals surface area contributed by atoms with E-state index in [9.17, 15) is 27.5 Å². The second-order valence-corrected chi connectivity index (χ2v) is 10.6. The standard InChI is InChI=1S/C22H20ClFN6O5S/c23-16-12-14(24)2-4-18(16)36(34,35)27-10-6-15(7-11-27)30-21-17(28(22(30)33)13-20(31)32)3-5-19(26-21)29-9-1-8-25-29/h1-5,8-9,12,15H,6-7,10-11,13H2,(H,31,32). The summed E-state index contributed by atoms with van der Waals surface area (Å²) in [5.41, 5.74) is 0.101. The van der Waals surface area contributed by atoms with Crippen molar-refractivity contribution in [2.45, 2.75) is 30.3 Å². The molecular formula is C22H20ClFN6O5S. The highest BCUT2D eigenvalue weighted by molar-refractivity contribution is 7.89. The molecule has 0 saturated carbocycles. The van der Waals surface area contributed by atoms with Gasteiger partial charge in [0.25, 0.3) is 0 Å². The van der Waals surface area contributed by atoms with Crippen LogP contribution in [0.4, 0.5) is 4.39 Å². The molecule has 5 rings (SSSR count). The first kappa shape index (κ1) is 24.2. The van der Waals surface area contributed by atoms with Crippen molar-refractivity contribution in [3.63, 3.8) is 0 Å². The summed E-state index contributed by atoms with van der Waals surface area (Å²) in [6.45, 7) is -0.378. The number of hydrogen-bond acceptors (Lipinski definition) is 6. The molecule has 0 radical (unpaired) electrons. The Morgan fingerprint density at radius 1 is 1.19 bits per heavy atom. The molecule has 1 N–H and O–H groups in total. The number of carboxylic acid groups (broad SMARTS) is 1. The van der Waals surface area contributed by atoms with E-state index in [1.165, 1.54) is 13.6 Å². The molecule has 0 aliphatic carbocycles. The van der Waals surface area contributed by atoms with Gasteiger partial charge in [-0.25, -0.2) is 27.3 Å². The quantitative estimate of drug-likeness (QED) is 0.401. The third-order valence-electron chi connectivity index (χ3n) is 6.13. The van der Waals surface area contributed by atoms with Gasteiger partial charge in [0.05, 0.1) is 10.5 Å². The third kappa shape index (κ3) is 4.18. The van der Waals surface area contributed by atoms with E-state index in [-0.39, 0.29) is 41.5 Å². The highest BCUT2D eigenvalue weighted by Gasteiger charge is 2.33. The van der Waals surface area contributed by atoms with Crippen LogP contribution in [0.2, 0.25) is 5.02 Å². The Morgan fingerprint density at radius 3 is 2.58 bits per heavy atom. The first-order valence-electron chi connectivity index (χ1n) is 11.0. The fourth-order valence-electron chi connectivity index (χ4n) is 4.46. The number of pyridine rings is 1. The van der Waals surface area contributed by atoms with Gasteiger partial charge >= 0.3 is 11.7 Å². The van der Waals surface area contributed by atoms with Gasteiger partial charge in [-0.2, -0.15) is 9.40 Å². The van der Waals surface area contributed by atoms with Crippen LogP contribution in [0.3, 0.4) is 0 Å². The SMILES string of the molecule is O=C(O)Cn1c(=O)n(C2CCN(S(=O)(=O)c3ccc(F)cc3Cl)CC2)c2nc(-n3cccn3)ccc21. The van der Waals surface area contributed by atoms with Gasteiger partial charge in [0.1, 0.15) is 17.3 Å². The number of rotatable bonds is 6. The van der Waals surface area contributed by atoms with Crippen LogP contribution in [0.25, 0.3) is 17.0 Å². The lowest BCUT2D eigenvalue weighted by Gasteiger charge is -2.31. The molecule has 0 unspecified atom stereocenters. The second kappa shape index (κ2) is 9.15. The van der Waals surface area contributed by atoms with E-state index in [2.05, 4.69) is 10.1 Å². The first-order valence-corrected chi connectivity index (χ1v) is 12.8. The van der Waals surface area contributed by atoms with E-state index >= 15 is 0 Å². The van der Waals surface area contributed by atoms with E-state index in [0.29, 0.717) is 11.3 Å². The van der Waals surface area contributed by atoms with E-state index < -0.39 is 40.1 Å². The van der Waals surface area contributed by atoms with Crippen molar-refractivity contribution < 1.29 is 22.7 Å². The molecule has 0 spiro atoms. The fraction of sp³-hybridized carbons (Fsp3) is 0.273. The number of nitrogens with zero attached hydrogens (tertiary/aromatic N) is 6. The number of fused-ring (bicyclic) bond motifs is 1. The zero-order valence-electron chi connectivity index (χ0n) is 18.7. The van der Waals surface area contributed by atoms with Crippen LogP contribution in [0, 0.1) is 5.82 Å². The van der Waals surface area contributed by atoms with Crippen molar-refractivity contribution in [1.82, 2.24) is 28.2 Å². The molecule has 0 atom stereocenters. The number of hydrogen-bond donors (Lipinski definition) is 1. The minimum Gasteiger partial charge on any atom is -0.480 e. The molecule has 11 nitrogen and oxygen atoms in total. The molecule has 0 amide bonds. The number of sulfonamides is 1. The zero-order valence-corrected chi connectivity index (χ0v) is 20.2. The van der Waals surface area contributed by atoms with Gasteiger partial charge in [-0.05, 0) is 49.2 Å². The summed E-state index contributed by atoms with van der Waals surface area (Å²) in [5.74, 6) is -1.37. The summed E-state index contributed by atoms with van der Waals surface area (Å²) in [6, 6.07) is 7.66. The van der Waals surface area contributed by atoms with Gasteiger partial charge in [-0.1, -0.05) is 11.6 Å². The highest BCUT2D eigenvalue weighted by atomic mass is 35.5. The van der Waals surface area contributed by atoms with Crippen LogP contribution in [0.15, 0.2) is 58.5 Å². The Hall–Kier alpha value is -3.55. The minimum atomic E-state index is -3.98. The fourth-order valence-corrected chi connectivity index (χ4v) is 6.43. The summed E-state index contributed by atoms with van der Waals surface area (Å²) in [4.78, 5) is 29.1. The molecule has 3 aromatic heterocycles. The number of aliphatic carboxylic acids is 1. The molecule has 188 valence electrons. The maximum Gasteiger partial charge on any atom is 0.331 e. The Bertz CT molecular complexity index is 1620. The van der Waals surface area contributed by atoms with Gasteiger partial charge < -0.3 is 5.11 Å². The highest BCUT2D eigenvalue weighted by Crippen LogP contribution is 2.31. The molecule has 14 heteroatoms. The predicted molar refractivity (Wildman–Crippen MR) is 127 cm³/mol. The Balaban J connectivity index is 1.49. The van der Waals surface area contributed by atoms with Crippen molar-refractivity contribution in [2.75, 3.05) is 13.1 Å². The van der Waals surface area contributed by atoms with Crippen molar-refractivity contribution in [2.24, 2.45) is 0 Å². The average Bonchev–Trinajstić information content (AvgIpc) is 3.46. The summed E-state index contributed by atoms with van der Waals surface area (Å²) in [6.07, 6.45) is 3.82. The van der Waals surface area contributed by atoms with E-state index in [4.69, 9.17) is 11.6 Å². The minimum absolute atomic E-state index is 0.0809. The second-order valence-electron chi connectivity index (χ2n) is 8.31. The van der Waals surface area contributed by atoms with Crippen LogP contribution >= 0.6 is 11.6 Å². The molecule has 1 fully saturated rings. The number of benzene rings is 1. The largest absolute Gasteiger partial charge is 0.480 e. The molecule has 1 aromatic carbocycles. The summed E-state index contributed by atoms with van der Waals surface area (Å²) in [5, 5.41) is 13.3. The third-order valence-corrected chi connectivity index (χ3v) is 8.51. The molecule has 0 bridgehead atoms. The van der Waals surface area contributed by atoms with Gasteiger partial charge in [-0.3, -0.25) is 13.9 Å². The molecule has 1 aliphatic heterocycles. The normalized spacial score (nSPS) is 15.5. The Kier molecular flexibility index (Phi) is 6.14. The van der Waals surface area contributed by atoms with Gasteiger partial charge in [0, 0.05) is 31.5 Å². The number of halogens is 2. The maximum atomic E-state index is 13.4. The summed E-state index contributed by atoms with van der Waals surface area (Å²) < 4.78 is 44.9. The number of carboxylic acids is 1. The van der Waals surface area contributed by atoms with Gasteiger partial charge in [-0.15, -0.1) is 0 Å². The number of imidazole rings is 1. The van der Waals surface area contributed by atoms with E-state index in [1.807, 2.05) is 0 Å². The molecule has 4 heterocycles. The Labute approximate surface area is 209 Å². The molecule has 4 aromatic rings. The first-order chi connectivity index (χ1) is 17.2. The van der Waals surface area contributed by atoms with Crippen molar-refractivity contribution in [1.29, 1.82) is 0 Å². The van der Waals surface area contributed by atoms with Crippen LogP contribution in [-0.2, 0) is 21.4 Å².